The van der Waals surface area contributed by atoms with Gasteiger partial charge in [-0.1, -0.05) is 0 Å². The minimum atomic E-state index is -1.19. The molecule has 2 aromatic rings. The molecule has 0 saturated carbocycles. The van der Waals surface area contributed by atoms with Crippen LogP contribution in [-0.4, -0.2) is 33.4 Å². The highest BCUT2D eigenvalue weighted by molar-refractivity contribution is 5.86. The Hall–Kier alpha value is -2.57. The quantitative estimate of drug-likeness (QED) is 0.900. The highest BCUT2D eigenvalue weighted by Gasteiger charge is 2.25. The fraction of sp³-hybridized carbons (Fsp3) is 0.412. The molecule has 2 rings (SSSR count). The minimum Gasteiger partial charge on any atom is -0.480 e. The maximum absolute atomic E-state index is 13.5. The zero-order valence-corrected chi connectivity index (χ0v) is 14.1. The first kappa shape index (κ1) is 17.8. The van der Waals surface area contributed by atoms with Crippen molar-refractivity contribution in [3.63, 3.8) is 0 Å². The minimum absolute atomic E-state index is 0.0232. The van der Waals surface area contributed by atoms with E-state index in [1.165, 1.54) is 12.1 Å². The molecular formula is C17H21FN2O4. The van der Waals surface area contributed by atoms with E-state index in [2.05, 4.69) is 5.32 Å². The number of nitrogens with zero attached hydrogens (tertiary/aromatic N) is 1. The number of amides is 1. The Kier molecular flexibility index (Phi) is 4.82. The number of ether oxygens (including phenoxy) is 1. The van der Waals surface area contributed by atoms with Crippen LogP contribution in [0.2, 0.25) is 0 Å². The van der Waals surface area contributed by atoms with Crippen molar-refractivity contribution in [2.24, 2.45) is 7.05 Å². The molecule has 1 heterocycles. The third-order valence-electron chi connectivity index (χ3n) is 3.45. The maximum Gasteiger partial charge on any atom is 0.408 e. The lowest BCUT2D eigenvalue weighted by Crippen LogP contribution is -2.44. The lowest BCUT2D eigenvalue weighted by Gasteiger charge is -2.22. The van der Waals surface area contributed by atoms with E-state index in [1.807, 2.05) is 0 Å². The summed E-state index contributed by atoms with van der Waals surface area (Å²) in [5, 5.41) is 12.3. The topological polar surface area (TPSA) is 80.6 Å². The summed E-state index contributed by atoms with van der Waals surface area (Å²) in [6.07, 6.45) is 0.952. The van der Waals surface area contributed by atoms with Gasteiger partial charge in [0.05, 0.1) is 0 Å². The maximum atomic E-state index is 13.5. The zero-order valence-electron chi connectivity index (χ0n) is 14.1. The number of hydrogen-bond donors (Lipinski definition) is 2. The number of hydrogen-bond acceptors (Lipinski definition) is 3. The van der Waals surface area contributed by atoms with E-state index in [4.69, 9.17) is 4.74 Å². The first-order valence-electron chi connectivity index (χ1n) is 7.52. The van der Waals surface area contributed by atoms with E-state index in [0.29, 0.717) is 10.9 Å². The smallest absolute Gasteiger partial charge is 0.408 e. The molecular weight excluding hydrogens is 315 g/mol. The number of carboxylic acid groups (broad SMARTS) is 1. The van der Waals surface area contributed by atoms with Gasteiger partial charge in [-0.2, -0.15) is 0 Å². The Morgan fingerprint density at radius 3 is 2.62 bits per heavy atom. The average Bonchev–Trinajstić information content (AvgIpc) is 2.72. The van der Waals surface area contributed by atoms with Crippen LogP contribution in [0.3, 0.4) is 0 Å². The third-order valence-corrected chi connectivity index (χ3v) is 3.45. The predicted octanol–water partition coefficient (Wildman–Crippen LogP) is 2.84. The Morgan fingerprint density at radius 1 is 1.38 bits per heavy atom. The number of fused-ring (bicyclic) bond motifs is 1. The van der Waals surface area contributed by atoms with E-state index < -0.39 is 29.5 Å². The lowest BCUT2D eigenvalue weighted by molar-refractivity contribution is -0.139. The first-order valence-corrected chi connectivity index (χ1v) is 7.52. The summed E-state index contributed by atoms with van der Waals surface area (Å²) in [5.74, 6) is -1.59. The summed E-state index contributed by atoms with van der Waals surface area (Å²) in [6.45, 7) is 5.07. The molecule has 0 spiro atoms. The van der Waals surface area contributed by atoms with E-state index in [-0.39, 0.29) is 6.42 Å². The second kappa shape index (κ2) is 6.51. The number of nitrogens with one attached hydrogen (secondary N) is 1. The first-order chi connectivity index (χ1) is 11.1. The van der Waals surface area contributed by atoms with Gasteiger partial charge in [0.2, 0.25) is 0 Å². The molecule has 1 aromatic carbocycles. The van der Waals surface area contributed by atoms with Crippen LogP contribution in [0.15, 0.2) is 24.4 Å². The van der Waals surface area contributed by atoms with Gasteiger partial charge in [0, 0.05) is 30.6 Å². The van der Waals surface area contributed by atoms with Crippen molar-refractivity contribution < 1.29 is 23.8 Å². The van der Waals surface area contributed by atoms with Crippen molar-refractivity contribution >= 4 is 23.0 Å². The van der Waals surface area contributed by atoms with Crippen LogP contribution in [-0.2, 0) is 23.0 Å². The van der Waals surface area contributed by atoms with E-state index in [0.717, 1.165) is 5.52 Å². The molecule has 0 aliphatic heterocycles. The monoisotopic (exact) mass is 336 g/mol. The normalized spacial score (nSPS) is 12.9. The molecule has 1 aromatic heterocycles. The van der Waals surface area contributed by atoms with Crippen molar-refractivity contribution in [1.29, 1.82) is 0 Å². The molecule has 0 radical (unpaired) electrons. The van der Waals surface area contributed by atoms with Crippen molar-refractivity contribution in [2.45, 2.75) is 38.8 Å². The van der Waals surface area contributed by atoms with Crippen LogP contribution in [0.4, 0.5) is 9.18 Å². The highest BCUT2D eigenvalue weighted by atomic mass is 19.1. The fourth-order valence-corrected chi connectivity index (χ4v) is 2.48. The Morgan fingerprint density at radius 2 is 2.04 bits per heavy atom. The van der Waals surface area contributed by atoms with Crippen LogP contribution in [0, 0.1) is 5.82 Å². The molecule has 0 aliphatic rings. The SMILES string of the molecule is Cn1cc(CC(NC(=O)OC(C)(C)C)C(=O)O)c2cc(F)ccc21. The second-order valence-electron chi connectivity index (χ2n) is 6.67. The molecule has 6 nitrogen and oxygen atoms in total. The van der Waals surface area contributed by atoms with Crippen LogP contribution < -0.4 is 5.32 Å². The molecule has 7 heteroatoms. The number of halogens is 1. The van der Waals surface area contributed by atoms with Crippen LogP contribution >= 0.6 is 0 Å². The summed E-state index contributed by atoms with van der Waals surface area (Å²) >= 11 is 0. The Bertz CT molecular complexity index is 777. The average molecular weight is 336 g/mol. The van der Waals surface area contributed by atoms with Crippen molar-refractivity contribution in [3.05, 3.63) is 35.8 Å². The van der Waals surface area contributed by atoms with Crippen molar-refractivity contribution in [1.82, 2.24) is 9.88 Å². The van der Waals surface area contributed by atoms with E-state index >= 15 is 0 Å². The second-order valence-corrected chi connectivity index (χ2v) is 6.67. The van der Waals surface area contributed by atoms with E-state index in [9.17, 15) is 19.1 Å². The number of alkyl carbamates (subject to hydrolysis) is 1. The van der Waals surface area contributed by atoms with Gasteiger partial charge in [-0.25, -0.2) is 14.0 Å². The molecule has 130 valence electrons. The predicted molar refractivity (Wildman–Crippen MR) is 87.4 cm³/mol. The standard InChI is InChI=1S/C17H21FN2O4/c1-17(2,3)24-16(23)19-13(15(21)22)7-10-9-20(4)14-6-5-11(18)8-12(10)14/h5-6,8-9,13H,7H2,1-4H3,(H,19,23)(H,21,22). The van der Waals surface area contributed by atoms with Crippen LogP contribution in [0.1, 0.15) is 26.3 Å². The molecule has 1 unspecified atom stereocenters. The number of carbonyl (C=O) groups is 2. The Labute approximate surface area is 139 Å². The van der Waals surface area contributed by atoms with E-state index in [1.54, 1.807) is 44.6 Å². The molecule has 0 fully saturated rings. The van der Waals surface area contributed by atoms with Gasteiger partial charge >= 0.3 is 12.1 Å². The van der Waals surface area contributed by atoms with Crippen LogP contribution in [0.5, 0.6) is 0 Å². The molecule has 1 amide bonds. The number of benzene rings is 1. The number of aliphatic carboxylic acids is 1. The van der Waals surface area contributed by atoms with Crippen molar-refractivity contribution in [3.8, 4) is 0 Å². The molecule has 24 heavy (non-hydrogen) atoms. The number of rotatable bonds is 4. The van der Waals surface area contributed by atoms with Gasteiger partial charge in [-0.05, 0) is 44.5 Å². The number of carbonyl (C=O) groups excluding carboxylic acids is 1. The molecule has 0 saturated heterocycles. The highest BCUT2D eigenvalue weighted by Crippen LogP contribution is 2.23. The number of carboxylic acids is 1. The molecule has 0 bridgehead atoms. The lowest BCUT2D eigenvalue weighted by atomic mass is 10.1. The van der Waals surface area contributed by atoms with Crippen LogP contribution in [0.25, 0.3) is 10.9 Å². The molecule has 2 N–H and O–H groups in total. The third kappa shape index (κ3) is 4.24. The van der Waals surface area contributed by atoms with Crippen molar-refractivity contribution in [2.75, 3.05) is 0 Å². The van der Waals surface area contributed by atoms with Gasteiger partial charge in [-0.3, -0.25) is 0 Å². The van der Waals surface area contributed by atoms with Gasteiger partial charge in [-0.15, -0.1) is 0 Å². The summed E-state index contributed by atoms with van der Waals surface area (Å²) in [4.78, 5) is 23.3. The van der Waals surface area contributed by atoms with Gasteiger partial charge in [0.15, 0.2) is 0 Å². The fourth-order valence-electron chi connectivity index (χ4n) is 2.48. The zero-order chi connectivity index (χ0) is 18.1. The summed E-state index contributed by atoms with van der Waals surface area (Å²) in [5.41, 5.74) is 0.693. The number of aromatic nitrogens is 1. The summed E-state index contributed by atoms with van der Waals surface area (Å²) in [6, 6.07) is 3.16. The molecule has 1 atom stereocenters. The number of aryl methyl sites for hydroxylation is 1. The van der Waals surface area contributed by atoms with Gasteiger partial charge in [0.25, 0.3) is 0 Å². The van der Waals surface area contributed by atoms with Gasteiger partial charge < -0.3 is 19.7 Å². The van der Waals surface area contributed by atoms with Gasteiger partial charge in [0.1, 0.15) is 17.5 Å². The summed E-state index contributed by atoms with van der Waals surface area (Å²) in [7, 11) is 1.79. The largest absolute Gasteiger partial charge is 0.480 e. The summed E-state index contributed by atoms with van der Waals surface area (Å²) < 4.78 is 20.4. The Balaban J connectivity index is 2.24. The molecule has 0 aliphatic carbocycles.